The Morgan fingerprint density at radius 3 is 2.58 bits per heavy atom. The number of rotatable bonds is 6. The smallest absolute Gasteiger partial charge is 0.362 e. The highest BCUT2D eigenvalue weighted by Gasteiger charge is 2.37. The molecule has 0 spiro atoms. The van der Waals surface area contributed by atoms with E-state index in [-0.39, 0.29) is 5.92 Å². The molecular formula is C17H18BrF3N4S. The van der Waals surface area contributed by atoms with E-state index in [9.17, 15) is 13.2 Å². The zero-order valence-corrected chi connectivity index (χ0v) is 16.2. The summed E-state index contributed by atoms with van der Waals surface area (Å²) in [4.78, 5) is 0. The summed E-state index contributed by atoms with van der Waals surface area (Å²) in [7, 11) is 0. The molecule has 2 N–H and O–H groups in total. The minimum absolute atomic E-state index is 0.215. The van der Waals surface area contributed by atoms with Gasteiger partial charge in [-0.05, 0) is 61.8 Å². The fourth-order valence-corrected chi connectivity index (χ4v) is 3.08. The van der Waals surface area contributed by atoms with E-state index in [0.29, 0.717) is 30.3 Å². The van der Waals surface area contributed by atoms with E-state index >= 15 is 0 Å². The van der Waals surface area contributed by atoms with E-state index in [1.54, 1.807) is 0 Å². The first-order valence-electron chi connectivity index (χ1n) is 8.28. The molecule has 1 aliphatic carbocycles. The van der Waals surface area contributed by atoms with Crippen LogP contribution in [-0.4, -0.2) is 21.4 Å². The molecule has 0 atom stereocenters. The van der Waals surface area contributed by atoms with Gasteiger partial charge in [0.05, 0.1) is 0 Å². The third kappa shape index (κ3) is 5.20. The van der Waals surface area contributed by atoms with Crippen LogP contribution in [0.5, 0.6) is 0 Å². The molecule has 140 valence electrons. The van der Waals surface area contributed by atoms with Crippen molar-refractivity contribution >= 4 is 38.9 Å². The number of thiocarbonyl (C=S) groups is 1. The van der Waals surface area contributed by atoms with Crippen LogP contribution in [0.3, 0.4) is 0 Å². The van der Waals surface area contributed by atoms with Crippen LogP contribution in [0, 0.1) is 0 Å². The van der Waals surface area contributed by atoms with Crippen LogP contribution in [-0.2, 0) is 12.7 Å². The number of hydrogen-bond donors (Lipinski definition) is 2. The molecule has 1 saturated carbocycles. The molecule has 1 aromatic carbocycles. The van der Waals surface area contributed by atoms with E-state index < -0.39 is 11.9 Å². The summed E-state index contributed by atoms with van der Waals surface area (Å²) in [5.41, 5.74) is 0.747. The number of nitrogens with zero attached hydrogens (tertiary/aromatic N) is 2. The minimum atomic E-state index is -4.40. The Morgan fingerprint density at radius 1 is 1.27 bits per heavy atom. The normalized spacial score (nSPS) is 14.3. The van der Waals surface area contributed by atoms with Gasteiger partial charge in [0.1, 0.15) is 0 Å². The summed E-state index contributed by atoms with van der Waals surface area (Å²) in [5.74, 6) is 0.215. The molecule has 0 amide bonds. The number of nitrogens with one attached hydrogen (secondary N) is 2. The number of aromatic nitrogens is 2. The van der Waals surface area contributed by atoms with Gasteiger partial charge < -0.3 is 10.6 Å². The second-order valence-corrected chi connectivity index (χ2v) is 7.51. The first kappa shape index (κ1) is 19.2. The van der Waals surface area contributed by atoms with Gasteiger partial charge in [-0.1, -0.05) is 15.9 Å². The highest BCUT2D eigenvalue weighted by atomic mass is 79.9. The number of halogens is 4. The maximum Gasteiger partial charge on any atom is 0.435 e. The quantitative estimate of drug-likeness (QED) is 0.488. The van der Waals surface area contributed by atoms with Crippen molar-refractivity contribution in [1.29, 1.82) is 0 Å². The van der Waals surface area contributed by atoms with E-state index in [1.165, 1.54) is 10.7 Å². The Balaban J connectivity index is 1.48. The molecular weight excluding hydrogens is 429 g/mol. The molecule has 0 saturated heterocycles. The van der Waals surface area contributed by atoms with Crippen molar-refractivity contribution in [3.05, 3.63) is 46.2 Å². The van der Waals surface area contributed by atoms with Gasteiger partial charge in [-0.2, -0.15) is 18.3 Å². The van der Waals surface area contributed by atoms with Gasteiger partial charge >= 0.3 is 6.18 Å². The Hall–Kier alpha value is -1.61. The fourth-order valence-electron chi connectivity index (χ4n) is 2.60. The highest BCUT2D eigenvalue weighted by molar-refractivity contribution is 9.10. The Kier molecular flexibility index (Phi) is 5.86. The zero-order chi connectivity index (χ0) is 18.7. The first-order chi connectivity index (χ1) is 12.3. The number of benzene rings is 1. The van der Waals surface area contributed by atoms with Crippen LogP contribution in [0.1, 0.15) is 36.6 Å². The molecule has 1 fully saturated rings. The topological polar surface area (TPSA) is 41.9 Å². The Labute approximate surface area is 163 Å². The summed E-state index contributed by atoms with van der Waals surface area (Å²) < 4.78 is 41.1. The number of hydrogen-bond acceptors (Lipinski definition) is 2. The second kappa shape index (κ2) is 7.96. The molecule has 26 heavy (non-hydrogen) atoms. The first-order valence-corrected chi connectivity index (χ1v) is 9.48. The van der Waals surface area contributed by atoms with Gasteiger partial charge in [-0.25, -0.2) is 0 Å². The maximum atomic E-state index is 12.9. The summed E-state index contributed by atoms with van der Waals surface area (Å²) in [5, 5.41) is 10.3. The Morgan fingerprint density at radius 2 is 1.96 bits per heavy atom. The minimum Gasteiger partial charge on any atom is -0.362 e. The lowest BCUT2D eigenvalue weighted by atomic mass is 10.2. The lowest BCUT2D eigenvalue weighted by Gasteiger charge is -2.11. The Bertz CT molecular complexity index is 769. The molecule has 0 unspecified atom stereocenters. The van der Waals surface area contributed by atoms with Crippen molar-refractivity contribution in [3.63, 3.8) is 0 Å². The van der Waals surface area contributed by atoms with Crippen molar-refractivity contribution in [2.75, 3.05) is 11.9 Å². The molecule has 1 aliphatic rings. The highest BCUT2D eigenvalue weighted by Crippen LogP contribution is 2.42. The van der Waals surface area contributed by atoms with Crippen LogP contribution in [0.4, 0.5) is 18.9 Å². The van der Waals surface area contributed by atoms with Crippen molar-refractivity contribution in [2.45, 2.75) is 37.9 Å². The van der Waals surface area contributed by atoms with Crippen LogP contribution in [0.2, 0.25) is 0 Å². The fraction of sp³-hybridized carbons (Fsp3) is 0.412. The van der Waals surface area contributed by atoms with E-state index in [1.807, 2.05) is 24.3 Å². The lowest BCUT2D eigenvalue weighted by molar-refractivity contribution is -0.141. The van der Waals surface area contributed by atoms with Crippen LogP contribution < -0.4 is 10.6 Å². The van der Waals surface area contributed by atoms with Gasteiger partial charge in [0.2, 0.25) is 0 Å². The van der Waals surface area contributed by atoms with E-state index in [2.05, 4.69) is 31.7 Å². The zero-order valence-electron chi connectivity index (χ0n) is 13.8. The molecule has 2 aromatic rings. The van der Waals surface area contributed by atoms with Gasteiger partial charge in [0.25, 0.3) is 0 Å². The third-order valence-corrected chi connectivity index (χ3v) is 4.81. The van der Waals surface area contributed by atoms with E-state index in [4.69, 9.17) is 12.2 Å². The van der Waals surface area contributed by atoms with Crippen LogP contribution in [0.15, 0.2) is 34.8 Å². The van der Waals surface area contributed by atoms with Gasteiger partial charge in [0.15, 0.2) is 10.8 Å². The molecule has 9 heteroatoms. The second-order valence-electron chi connectivity index (χ2n) is 6.19. The van der Waals surface area contributed by atoms with Crippen molar-refractivity contribution < 1.29 is 13.2 Å². The molecule has 1 aromatic heterocycles. The summed E-state index contributed by atoms with van der Waals surface area (Å²) in [6.45, 7) is 0.976. The predicted molar refractivity (Wildman–Crippen MR) is 102 cm³/mol. The number of anilines is 1. The third-order valence-electron chi connectivity index (χ3n) is 4.03. The van der Waals surface area contributed by atoms with E-state index in [0.717, 1.165) is 23.0 Å². The average Bonchev–Trinajstić information content (AvgIpc) is 3.32. The molecule has 4 nitrogen and oxygen atoms in total. The molecule has 0 bridgehead atoms. The van der Waals surface area contributed by atoms with Crippen molar-refractivity contribution in [1.82, 2.24) is 15.1 Å². The molecule has 1 heterocycles. The predicted octanol–water partition coefficient (Wildman–Crippen LogP) is 4.92. The molecule has 3 rings (SSSR count). The lowest BCUT2D eigenvalue weighted by Crippen LogP contribution is -2.29. The van der Waals surface area contributed by atoms with Crippen LogP contribution >= 0.6 is 28.1 Å². The van der Waals surface area contributed by atoms with Crippen molar-refractivity contribution in [2.24, 2.45) is 0 Å². The largest absolute Gasteiger partial charge is 0.435 e. The molecule has 0 aliphatic heterocycles. The molecule has 0 radical (unpaired) electrons. The summed E-state index contributed by atoms with van der Waals surface area (Å²) in [6.07, 6.45) is -1.91. The number of alkyl halides is 3. The van der Waals surface area contributed by atoms with Gasteiger partial charge in [-0.3, -0.25) is 4.68 Å². The average molecular weight is 447 g/mol. The summed E-state index contributed by atoms with van der Waals surface area (Å²) >= 11 is 8.59. The maximum absolute atomic E-state index is 12.9. The SMILES string of the molecule is FC(F)(F)c1cc(C2CC2)n(CCCNC(=S)Nc2ccc(Br)cc2)n1. The standard InChI is InChI=1S/C17H18BrF3N4S/c18-12-4-6-13(7-5-12)23-16(26)22-8-1-9-25-14(11-2-3-11)10-15(24-25)17(19,20)21/h4-7,10-11H,1-3,8-9H2,(H2,22,23,26). The monoisotopic (exact) mass is 446 g/mol. The van der Waals surface area contributed by atoms with Gasteiger partial charge in [0, 0.05) is 34.9 Å². The van der Waals surface area contributed by atoms with Gasteiger partial charge in [-0.15, -0.1) is 0 Å². The van der Waals surface area contributed by atoms with Crippen LogP contribution in [0.25, 0.3) is 0 Å². The van der Waals surface area contributed by atoms with Crippen molar-refractivity contribution in [3.8, 4) is 0 Å². The number of aryl methyl sites for hydroxylation is 1. The summed E-state index contributed by atoms with van der Waals surface area (Å²) in [6, 6.07) is 8.77.